The van der Waals surface area contributed by atoms with Crippen LogP contribution in [0.3, 0.4) is 0 Å². The van der Waals surface area contributed by atoms with E-state index in [1.807, 2.05) is 20.8 Å². The second-order valence-electron chi connectivity index (χ2n) is 6.41. The summed E-state index contributed by atoms with van der Waals surface area (Å²) in [6, 6.07) is 8.38. The van der Waals surface area contributed by atoms with E-state index in [4.69, 9.17) is 25.8 Å². The van der Waals surface area contributed by atoms with Crippen LogP contribution in [0.25, 0.3) is 6.08 Å². The van der Waals surface area contributed by atoms with Gasteiger partial charge in [0, 0.05) is 5.02 Å². The Morgan fingerprint density at radius 3 is 2.33 bits per heavy atom. The molecule has 1 amide bonds. The molecule has 0 fully saturated rings. The molecule has 0 bridgehead atoms. The van der Waals surface area contributed by atoms with E-state index in [0.29, 0.717) is 34.4 Å². The van der Waals surface area contributed by atoms with Crippen molar-refractivity contribution in [2.24, 2.45) is 0 Å². The number of carboxylic acids is 1. The predicted molar refractivity (Wildman–Crippen MR) is 114 cm³/mol. The lowest BCUT2D eigenvalue weighted by molar-refractivity contribution is -0.134. The summed E-state index contributed by atoms with van der Waals surface area (Å²) in [6.45, 7) is 5.63. The molecule has 2 N–H and O–H groups in total. The van der Waals surface area contributed by atoms with Crippen molar-refractivity contribution < 1.29 is 28.9 Å². The van der Waals surface area contributed by atoms with Crippen molar-refractivity contribution >= 4 is 29.6 Å². The van der Waals surface area contributed by atoms with Crippen LogP contribution in [0.15, 0.2) is 36.0 Å². The molecule has 0 saturated heterocycles. The van der Waals surface area contributed by atoms with Gasteiger partial charge in [-0.1, -0.05) is 17.7 Å². The summed E-state index contributed by atoms with van der Waals surface area (Å²) in [5, 5.41) is 12.4. The van der Waals surface area contributed by atoms with E-state index >= 15 is 0 Å². The molecule has 30 heavy (non-hydrogen) atoms. The third-order valence-corrected chi connectivity index (χ3v) is 4.68. The number of rotatable bonds is 9. The SMILES string of the molecule is CCOc1ccc(/C=C(/NC(=O)COc2cc(C)c(Cl)c(C)c2)C(=O)O)cc1OC. The van der Waals surface area contributed by atoms with Gasteiger partial charge in [-0.2, -0.15) is 0 Å². The van der Waals surface area contributed by atoms with Gasteiger partial charge in [0.1, 0.15) is 11.4 Å². The van der Waals surface area contributed by atoms with E-state index in [1.54, 1.807) is 30.3 Å². The first-order chi connectivity index (χ1) is 14.2. The Bertz CT molecular complexity index is 947. The summed E-state index contributed by atoms with van der Waals surface area (Å²) in [6.07, 6.45) is 1.33. The summed E-state index contributed by atoms with van der Waals surface area (Å²) in [7, 11) is 1.49. The van der Waals surface area contributed by atoms with Crippen LogP contribution in [-0.2, 0) is 9.59 Å². The minimum atomic E-state index is -1.28. The van der Waals surface area contributed by atoms with Crippen LogP contribution in [0.1, 0.15) is 23.6 Å². The van der Waals surface area contributed by atoms with Crippen LogP contribution < -0.4 is 19.5 Å². The molecule has 7 nitrogen and oxygen atoms in total. The molecule has 2 aromatic carbocycles. The molecule has 0 heterocycles. The number of hydrogen-bond acceptors (Lipinski definition) is 5. The van der Waals surface area contributed by atoms with Gasteiger partial charge in [0.2, 0.25) is 0 Å². The molecule has 0 radical (unpaired) electrons. The first-order valence-corrected chi connectivity index (χ1v) is 9.58. The number of aliphatic carboxylic acids is 1. The van der Waals surface area contributed by atoms with E-state index in [2.05, 4.69) is 5.32 Å². The van der Waals surface area contributed by atoms with Crippen LogP contribution in [0.2, 0.25) is 5.02 Å². The Morgan fingerprint density at radius 2 is 1.77 bits per heavy atom. The summed E-state index contributed by atoms with van der Waals surface area (Å²) >= 11 is 6.12. The highest BCUT2D eigenvalue weighted by molar-refractivity contribution is 6.32. The number of ether oxygens (including phenoxy) is 3. The summed E-state index contributed by atoms with van der Waals surface area (Å²) in [5.74, 6) is -0.415. The Balaban J connectivity index is 2.11. The fraction of sp³-hybridized carbons (Fsp3) is 0.273. The highest BCUT2D eigenvalue weighted by Crippen LogP contribution is 2.29. The largest absolute Gasteiger partial charge is 0.493 e. The fourth-order valence-electron chi connectivity index (χ4n) is 2.69. The minimum Gasteiger partial charge on any atom is -0.493 e. The topological polar surface area (TPSA) is 94.1 Å². The number of methoxy groups -OCH3 is 1. The third-order valence-electron chi connectivity index (χ3n) is 4.08. The summed E-state index contributed by atoms with van der Waals surface area (Å²) < 4.78 is 16.2. The monoisotopic (exact) mass is 433 g/mol. The van der Waals surface area contributed by atoms with Gasteiger partial charge in [-0.15, -0.1) is 0 Å². The number of benzene rings is 2. The van der Waals surface area contributed by atoms with Gasteiger partial charge in [0.25, 0.3) is 5.91 Å². The zero-order chi connectivity index (χ0) is 22.3. The molecule has 0 aliphatic heterocycles. The van der Waals surface area contributed by atoms with Crippen molar-refractivity contribution in [3.05, 3.63) is 57.7 Å². The van der Waals surface area contributed by atoms with Crippen LogP contribution in [-0.4, -0.2) is 37.3 Å². The van der Waals surface area contributed by atoms with Crippen LogP contribution >= 0.6 is 11.6 Å². The van der Waals surface area contributed by atoms with E-state index in [9.17, 15) is 14.7 Å². The number of aryl methyl sites for hydroxylation is 2. The van der Waals surface area contributed by atoms with Gasteiger partial charge in [-0.25, -0.2) is 4.79 Å². The predicted octanol–water partition coefficient (Wildman–Crippen LogP) is 3.98. The molecule has 0 aliphatic rings. The lowest BCUT2D eigenvalue weighted by Gasteiger charge is -2.12. The first-order valence-electron chi connectivity index (χ1n) is 9.20. The van der Waals surface area contributed by atoms with Crippen molar-refractivity contribution in [1.29, 1.82) is 0 Å². The maximum absolute atomic E-state index is 12.2. The molecular formula is C22H24ClNO6. The molecule has 2 rings (SSSR count). The van der Waals surface area contributed by atoms with E-state index in [0.717, 1.165) is 11.1 Å². The van der Waals surface area contributed by atoms with Gasteiger partial charge in [-0.3, -0.25) is 4.79 Å². The number of carbonyl (C=O) groups is 2. The average Bonchev–Trinajstić information content (AvgIpc) is 2.70. The van der Waals surface area contributed by atoms with Crippen LogP contribution in [0, 0.1) is 13.8 Å². The number of hydrogen-bond donors (Lipinski definition) is 2. The van der Waals surface area contributed by atoms with Gasteiger partial charge in [0.15, 0.2) is 18.1 Å². The Morgan fingerprint density at radius 1 is 1.10 bits per heavy atom. The molecule has 0 unspecified atom stereocenters. The maximum Gasteiger partial charge on any atom is 0.352 e. The zero-order valence-electron chi connectivity index (χ0n) is 17.2. The van der Waals surface area contributed by atoms with Crippen molar-refractivity contribution in [3.63, 3.8) is 0 Å². The van der Waals surface area contributed by atoms with Crippen molar-refractivity contribution in [2.45, 2.75) is 20.8 Å². The lowest BCUT2D eigenvalue weighted by atomic mass is 10.1. The summed E-state index contributed by atoms with van der Waals surface area (Å²) in [4.78, 5) is 23.8. The molecule has 0 atom stereocenters. The Hall–Kier alpha value is -3.19. The zero-order valence-corrected chi connectivity index (χ0v) is 18.0. The highest BCUT2D eigenvalue weighted by atomic mass is 35.5. The molecule has 0 saturated carbocycles. The molecule has 160 valence electrons. The molecule has 0 aromatic heterocycles. The Labute approximate surface area is 180 Å². The average molecular weight is 434 g/mol. The quantitative estimate of drug-likeness (QED) is 0.581. The van der Waals surface area contributed by atoms with E-state index in [1.165, 1.54) is 13.2 Å². The molecular weight excluding hydrogens is 410 g/mol. The first kappa shape index (κ1) is 23.1. The second-order valence-corrected chi connectivity index (χ2v) is 6.79. The highest BCUT2D eigenvalue weighted by Gasteiger charge is 2.14. The molecule has 0 aliphatic carbocycles. The number of nitrogens with one attached hydrogen (secondary N) is 1. The third kappa shape index (κ3) is 6.15. The van der Waals surface area contributed by atoms with Gasteiger partial charge < -0.3 is 24.6 Å². The molecule has 2 aromatic rings. The van der Waals surface area contributed by atoms with Crippen molar-refractivity contribution in [2.75, 3.05) is 20.3 Å². The number of amides is 1. The number of carboxylic acid groups (broad SMARTS) is 1. The number of halogens is 1. The lowest BCUT2D eigenvalue weighted by Crippen LogP contribution is -2.31. The Kier molecular flexibility index (Phi) is 8.12. The smallest absolute Gasteiger partial charge is 0.352 e. The van der Waals surface area contributed by atoms with E-state index in [-0.39, 0.29) is 12.3 Å². The summed E-state index contributed by atoms with van der Waals surface area (Å²) in [5.41, 5.74) is 1.88. The maximum atomic E-state index is 12.2. The minimum absolute atomic E-state index is 0.293. The molecule has 0 spiro atoms. The normalized spacial score (nSPS) is 11.0. The van der Waals surface area contributed by atoms with Crippen LogP contribution in [0.4, 0.5) is 0 Å². The van der Waals surface area contributed by atoms with Crippen molar-refractivity contribution in [3.8, 4) is 17.2 Å². The van der Waals surface area contributed by atoms with Gasteiger partial charge in [0.05, 0.1) is 13.7 Å². The second kappa shape index (κ2) is 10.5. The van der Waals surface area contributed by atoms with Crippen LogP contribution in [0.5, 0.6) is 17.2 Å². The van der Waals surface area contributed by atoms with Crippen molar-refractivity contribution in [1.82, 2.24) is 5.32 Å². The standard InChI is InChI=1S/C22H24ClNO6/c1-5-29-18-7-6-15(11-19(18)28-4)10-17(22(26)27)24-20(25)12-30-16-8-13(2)21(23)14(3)9-16/h6-11H,5,12H2,1-4H3,(H,24,25)(H,26,27)/b17-10+. The number of carbonyl (C=O) groups excluding carboxylic acids is 1. The fourth-order valence-corrected chi connectivity index (χ4v) is 2.80. The van der Waals surface area contributed by atoms with E-state index < -0.39 is 11.9 Å². The van der Waals surface area contributed by atoms with Gasteiger partial charge in [-0.05, 0) is 67.8 Å². The molecule has 8 heteroatoms. The van der Waals surface area contributed by atoms with Gasteiger partial charge >= 0.3 is 5.97 Å².